The zero-order chi connectivity index (χ0) is 15.1. The van der Waals surface area contributed by atoms with Gasteiger partial charge in [-0.15, -0.1) is 11.3 Å². The van der Waals surface area contributed by atoms with Gasteiger partial charge in [0.25, 0.3) is 0 Å². The third-order valence-corrected chi connectivity index (χ3v) is 4.89. The molecule has 21 heavy (non-hydrogen) atoms. The summed E-state index contributed by atoms with van der Waals surface area (Å²) in [6.45, 7) is 0. The van der Waals surface area contributed by atoms with Crippen LogP contribution in [0.25, 0.3) is 0 Å². The molecule has 0 saturated heterocycles. The van der Waals surface area contributed by atoms with Gasteiger partial charge >= 0.3 is 5.97 Å². The van der Waals surface area contributed by atoms with Gasteiger partial charge in [-0.1, -0.05) is 29.3 Å². The minimum Gasteiger partial charge on any atom is -0.478 e. The lowest BCUT2D eigenvalue weighted by molar-refractivity contribution is -0.144. The predicted molar refractivity (Wildman–Crippen MR) is 80.0 cm³/mol. The van der Waals surface area contributed by atoms with Crippen molar-refractivity contribution in [1.29, 1.82) is 0 Å². The van der Waals surface area contributed by atoms with E-state index < -0.39 is 12.1 Å². The number of hydrogen-bond donors (Lipinski definition) is 1. The van der Waals surface area contributed by atoms with E-state index in [9.17, 15) is 9.59 Å². The molecule has 0 saturated carbocycles. The van der Waals surface area contributed by atoms with Crippen LogP contribution in [0.3, 0.4) is 0 Å². The summed E-state index contributed by atoms with van der Waals surface area (Å²) < 4.78 is 5.28. The van der Waals surface area contributed by atoms with Crippen molar-refractivity contribution in [3.05, 3.63) is 49.6 Å². The average Bonchev–Trinajstić information content (AvgIpc) is 3.10. The average molecular weight is 343 g/mol. The molecule has 7 heteroatoms. The molecule has 1 aliphatic heterocycles. The first kappa shape index (κ1) is 14.4. The molecule has 2 heterocycles. The first-order chi connectivity index (χ1) is 9.99. The minimum absolute atomic E-state index is 0.0813. The summed E-state index contributed by atoms with van der Waals surface area (Å²) in [4.78, 5) is 24.0. The summed E-state index contributed by atoms with van der Waals surface area (Å²) in [6, 6.07) is 5.03. The van der Waals surface area contributed by atoms with Crippen LogP contribution in [-0.2, 0) is 11.2 Å². The van der Waals surface area contributed by atoms with E-state index in [-0.39, 0.29) is 33.6 Å². The highest BCUT2D eigenvalue weighted by Crippen LogP contribution is 2.43. The fraction of sp³-hybridized carbons (Fsp3) is 0.143. The number of carboxylic acids is 1. The highest BCUT2D eigenvalue weighted by Gasteiger charge is 2.33. The molecule has 0 radical (unpaired) electrons. The van der Waals surface area contributed by atoms with Crippen LogP contribution in [0, 0.1) is 0 Å². The topological polar surface area (TPSA) is 63.6 Å². The van der Waals surface area contributed by atoms with Gasteiger partial charge in [-0.05, 0) is 17.5 Å². The maximum atomic E-state index is 12.4. The van der Waals surface area contributed by atoms with Crippen molar-refractivity contribution >= 4 is 46.3 Å². The molecule has 1 unspecified atom stereocenters. The van der Waals surface area contributed by atoms with Crippen molar-refractivity contribution in [3.63, 3.8) is 0 Å². The van der Waals surface area contributed by atoms with Gasteiger partial charge in [0.2, 0.25) is 5.78 Å². The summed E-state index contributed by atoms with van der Waals surface area (Å²) >= 11 is 13.6. The van der Waals surface area contributed by atoms with Crippen LogP contribution >= 0.6 is 34.5 Å². The summed E-state index contributed by atoms with van der Waals surface area (Å²) in [5.41, 5.74) is 0.842. The summed E-state index contributed by atoms with van der Waals surface area (Å²) in [5.74, 6) is -1.07. The third kappa shape index (κ3) is 2.41. The van der Waals surface area contributed by atoms with E-state index in [0.717, 1.165) is 0 Å². The summed E-state index contributed by atoms with van der Waals surface area (Å²) in [7, 11) is 0. The maximum absolute atomic E-state index is 12.4. The van der Waals surface area contributed by atoms with Crippen LogP contribution in [0.1, 0.15) is 20.8 Å². The number of ether oxygens (including phenoxy) is 1. The van der Waals surface area contributed by atoms with Crippen molar-refractivity contribution in [2.24, 2.45) is 0 Å². The molecule has 0 spiro atoms. The van der Waals surface area contributed by atoms with Crippen molar-refractivity contribution in [2.45, 2.75) is 12.5 Å². The number of benzene rings is 1. The van der Waals surface area contributed by atoms with Crippen molar-refractivity contribution in [2.75, 3.05) is 0 Å². The van der Waals surface area contributed by atoms with Gasteiger partial charge in [0, 0.05) is 17.5 Å². The highest BCUT2D eigenvalue weighted by atomic mass is 35.5. The Balaban J connectivity index is 2.06. The van der Waals surface area contributed by atoms with Gasteiger partial charge in [-0.3, -0.25) is 4.79 Å². The Kier molecular flexibility index (Phi) is 3.65. The number of rotatable bonds is 3. The number of halogens is 2. The quantitative estimate of drug-likeness (QED) is 0.864. The standard InChI is InChI=1S/C14H8Cl2O4S/c15-10-7(12(17)9-2-1-3-21-9)4-6-5-8(14(18)19)20-13(6)11(10)16/h1-4,8H,5H2,(H,18,19). The van der Waals surface area contributed by atoms with E-state index in [1.165, 1.54) is 11.3 Å². The zero-order valence-electron chi connectivity index (χ0n) is 10.4. The van der Waals surface area contributed by atoms with Crippen LogP contribution < -0.4 is 4.74 Å². The molecule has 3 rings (SSSR count). The second kappa shape index (κ2) is 5.33. The first-order valence-electron chi connectivity index (χ1n) is 5.97. The molecule has 0 bridgehead atoms. The van der Waals surface area contributed by atoms with Gasteiger partial charge in [-0.2, -0.15) is 0 Å². The Bertz CT molecular complexity index is 740. The van der Waals surface area contributed by atoms with Gasteiger partial charge in [0.1, 0.15) is 10.8 Å². The molecular formula is C14H8Cl2O4S. The van der Waals surface area contributed by atoms with Crippen molar-refractivity contribution < 1.29 is 19.4 Å². The van der Waals surface area contributed by atoms with Crippen LogP contribution in [0.4, 0.5) is 0 Å². The SMILES string of the molecule is O=C(c1cccs1)c1cc2c(c(Cl)c1Cl)OC(C(=O)O)C2. The minimum atomic E-state index is -1.08. The summed E-state index contributed by atoms with van der Waals surface area (Å²) in [6.07, 6.45) is -0.840. The molecule has 108 valence electrons. The third-order valence-electron chi connectivity index (χ3n) is 3.17. The number of fused-ring (bicyclic) bond motifs is 1. The predicted octanol–water partition coefficient (Wildman–Crippen LogP) is 3.67. The molecule has 0 fully saturated rings. The zero-order valence-corrected chi connectivity index (χ0v) is 12.8. The number of thiophene rings is 1. The van der Waals surface area contributed by atoms with E-state index in [1.54, 1.807) is 23.6 Å². The van der Waals surface area contributed by atoms with Gasteiger partial charge in [0.05, 0.1) is 9.90 Å². The Morgan fingerprint density at radius 2 is 2.10 bits per heavy atom. The number of ketones is 1. The van der Waals surface area contributed by atoms with Gasteiger partial charge in [-0.25, -0.2) is 4.79 Å². The number of carbonyl (C=O) groups excluding carboxylic acids is 1. The molecule has 1 aliphatic rings. The molecule has 1 atom stereocenters. The number of carboxylic acid groups (broad SMARTS) is 1. The van der Waals surface area contributed by atoms with Crippen LogP contribution in [0.15, 0.2) is 23.6 Å². The molecule has 1 N–H and O–H groups in total. The second-order valence-corrected chi connectivity index (χ2v) is 6.20. The van der Waals surface area contributed by atoms with Crippen molar-refractivity contribution in [1.82, 2.24) is 0 Å². The van der Waals surface area contributed by atoms with Crippen LogP contribution in [-0.4, -0.2) is 23.0 Å². The van der Waals surface area contributed by atoms with Gasteiger partial charge in [0.15, 0.2) is 6.10 Å². The molecule has 1 aromatic heterocycles. The Hall–Kier alpha value is -1.56. The number of carbonyl (C=O) groups is 2. The molecule has 0 amide bonds. The Morgan fingerprint density at radius 1 is 1.33 bits per heavy atom. The van der Waals surface area contributed by atoms with E-state index in [1.807, 2.05) is 0 Å². The smallest absolute Gasteiger partial charge is 0.345 e. The highest BCUT2D eigenvalue weighted by molar-refractivity contribution is 7.12. The van der Waals surface area contributed by atoms with Crippen LogP contribution in [0.5, 0.6) is 5.75 Å². The molecular weight excluding hydrogens is 335 g/mol. The molecule has 4 nitrogen and oxygen atoms in total. The van der Waals surface area contributed by atoms with Gasteiger partial charge < -0.3 is 9.84 Å². The lowest BCUT2D eigenvalue weighted by Crippen LogP contribution is -2.24. The van der Waals surface area contributed by atoms with E-state index in [4.69, 9.17) is 33.0 Å². The lowest BCUT2D eigenvalue weighted by Gasteiger charge is -2.09. The van der Waals surface area contributed by atoms with E-state index >= 15 is 0 Å². The number of hydrogen-bond acceptors (Lipinski definition) is 4. The monoisotopic (exact) mass is 342 g/mol. The fourth-order valence-corrected chi connectivity index (χ4v) is 3.34. The Labute approximate surface area is 133 Å². The lowest BCUT2D eigenvalue weighted by atomic mass is 10.0. The fourth-order valence-electron chi connectivity index (χ4n) is 2.17. The molecule has 2 aromatic rings. The largest absolute Gasteiger partial charge is 0.478 e. The number of aliphatic carboxylic acids is 1. The van der Waals surface area contributed by atoms with Crippen LogP contribution in [0.2, 0.25) is 10.0 Å². The van der Waals surface area contributed by atoms with Crippen molar-refractivity contribution in [3.8, 4) is 5.75 Å². The molecule has 1 aromatic carbocycles. The maximum Gasteiger partial charge on any atom is 0.345 e. The van der Waals surface area contributed by atoms with E-state index in [2.05, 4.69) is 0 Å². The first-order valence-corrected chi connectivity index (χ1v) is 7.61. The summed E-state index contributed by atoms with van der Waals surface area (Å²) in [5, 5.41) is 11.0. The normalized spacial score (nSPS) is 16.4. The van der Waals surface area contributed by atoms with E-state index in [0.29, 0.717) is 10.4 Å². The second-order valence-electron chi connectivity index (χ2n) is 4.50. The Morgan fingerprint density at radius 3 is 2.71 bits per heavy atom. The molecule has 0 aliphatic carbocycles.